The fourth-order valence-corrected chi connectivity index (χ4v) is 6.73. The molecule has 2 aliphatic rings. The summed E-state index contributed by atoms with van der Waals surface area (Å²) in [5.41, 5.74) is 0. The van der Waals surface area contributed by atoms with Gasteiger partial charge in [-0.2, -0.15) is 0 Å². The number of aliphatic hydroxyl groups excluding tert-OH is 8. The van der Waals surface area contributed by atoms with Crippen LogP contribution in [0.2, 0.25) is 0 Å². The Morgan fingerprint density at radius 1 is 0.617 bits per heavy atom. The Morgan fingerprint density at radius 3 is 1.82 bits per heavy atom. The Kier molecular flexibility index (Phi) is 29.5. The topological polar surface area (TPSA) is 228 Å². The minimum absolute atomic E-state index is 0.148. The van der Waals surface area contributed by atoms with Crippen molar-refractivity contribution in [2.24, 2.45) is 0 Å². The third-order valence-electron chi connectivity index (χ3n) is 10.4. The minimum atomic E-state index is -1.80. The van der Waals surface area contributed by atoms with Crippen molar-refractivity contribution in [2.45, 2.75) is 190 Å². The van der Waals surface area contributed by atoms with Crippen LogP contribution in [0.15, 0.2) is 72.9 Å². The highest BCUT2D eigenvalue weighted by Crippen LogP contribution is 2.29. The molecule has 0 aliphatic carbocycles. The van der Waals surface area contributed by atoms with Crippen LogP contribution in [0.4, 0.5) is 0 Å². The lowest BCUT2D eigenvalue weighted by atomic mass is 9.97. The summed E-state index contributed by atoms with van der Waals surface area (Å²) in [5, 5.41) is 86.3. The van der Waals surface area contributed by atoms with Gasteiger partial charge in [-0.3, -0.25) is 4.79 Å². The van der Waals surface area contributed by atoms with Gasteiger partial charge in [0.2, 0.25) is 5.91 Å². The molecule has 2 heterocycles. The van der Waals surface area contributed by atoms with E-state index >= 15 is 0 Å². The van der Waals surface area contributed by atoms with Gasteiger partial charge < -0.3 is 65.1 Å². The maximum absolute atomic E-state index is 13.0. The first-order valence-corrected chi connectivity index (χ1v) is 22.2. The van der Waals surface area contributed by atoms with Crippen molar-refractivity contribution in [1.82, 2.24) is 5.32 Å². The fraction of sp³-hybridized carbons (Fsp3) is 0.717. The molecule has 2 rings (SSSR count). The molecule has 2 fully saturated rings. The van der Waals surface area contributed by atoms with Crippen LogP contribution in [0.1, 0.15) is 117 Å². The zero-order valence-corrected chi connectivity index (χ0v) is 35.9. The van der Waals surface area contributed by atoms with E-state index in [1.165, 1.54) is 44.9 Å². The number of amides is 1. The minimum Gasteiger partial charge on any atom is -0.394 e. The molecule has 344 valence electrons. The summed E-state index contributed by atoms with van der Waals surface area (Å²) >= 11 is 0. The highest BCUT2D eigenvalue weighted by molar-refractivity contribution is 5.76. The normalized spacial score (nSPS) is 29.0. The zero-order valence-electron chi connectivity index (χ0n) is 35.9. The van der Waals surface area contributed by atoms with Crippen LogP contribution < -0.4 is 5.32 Å². The molecule has 0 aromatic heterocycles. The van der Waals surface area contributed by atoms with E-state index in [0.29, 0.717) is 12.8 Å². The number of hydrogen-bond acceptors (Lipinski definition) is 13. The summed E-state index contributed by atoms with van der Waals surface area (Å²) in [6.07, 6.45) is 22.6. The number of aliphatic hydroxyl groups is 8. The van der Waals surface area contributed by atoms with Crippen molar-refractivity contribution < 1.29 is 64.6 Å². The molecular formula is C46H77NO13. The molecule has 12 atom stereocenters. The Morgan fingerprint density at radius 2 is 1.17 bits per heavy atom. The standard InChI is InChI=1S/C46H77NO13/c1-3-5-7-9-11-13-15-17-19-21-23-25-27-29-35(50)34(47-38(51)30-28-26-24-22-20-18-16-14-12-10-8-6-4-2)33-57-45-43(56)41(54)44(37(32-49)59-45)60-46-42(55)40(53)39(52)36(31-48)58-46/h6,8,12,14,18-21,24,26-27,29,34-37,39-46,48-50,52-56H,3-5,7,9-11,13,15-17,22-23,25,28,30-33H2,1-2H3,(H,47,51)/b8-6-,14-12-,20-18-,21-19+,26-24-,29-27+. The molecule has 0 aromatic rings. The Bertz CT molecular complexity index is 1280. The molecule has 60 heavy (non-hydrogen) atoms. The summed E-state index contributed by atoms with van der Waals surface area (Å²) in [5.74, 6) is -0.335. The number of hydrogen-bond donors (Lipinski definition) is 9. The zero-order chi connectivity index (χ0) is 44.0. The monoisotopic (exact) mass is 852 g/mol. The summed E-state index contributed by atoms with van der Waals surface area (Å²) < 4.78 is 22.5. The Labute approximate surface area is 358 Å². The van der Waals surface area contributed by atoms with Crippen molar-refractivity contribution in [2.75, 3.05) is 19.8 Å². The van der Waals surface area contributed by atoms with Crippen molar-refractivity contribution in [3.63, 3.8) is 0 Å². The van der Waals surface area contributed by atoms with E-state index < -0.39 is 86.8 Å². The molecule has 0 aromatic carbocycles. The van der Waals surface area contributed by atoms with Gasteiger partial charge in [-0.05, 0) is 57.8 Å². The highest BCUT2D eigenvalue weighted by atomic mass is 16.7. The third-order valence-corrected chi connectivity index (χ3v) is 10.4. The van der Waals surface area contributed by atoms with Crippen LogP contribution in [-0.2, 0) is 23.7 Å². The number of carbonyl (C=O) groups excluding carboxylic acids is 1. The van der Waals surface area contributed by atoms with E-state index in [1.807, 2.05) is 18.2 Å². The lowest BCUT2D eigenvalue weighted by molar-refractivity contribution is -0.359. The van der Waals surface area contributed by atoms with Crippen LogP contribution >= 0.6 is 0 Å². The summed E-state index contributed by atoms with van der Waals surface area (Å²) in [7, 11) is 0. The lowest BCUT2D eigenvalue weighted by Gasteiger charge is -2.46. The van der Waals surface area contributed by atoms with Crippen LogP contribution in [0.25, 0.3) is 0 Å². The van der Waals surface area contributed by atoms with Crippen LogP contribution in [0.3, 0.4) is 0 Å². The van der Waals surface area contributed by atoms with Gasteiger partial charge in [-0.1, -0.05) is 125 Å². The van der Waals surface area contributed by atoms with E-state index in [-0.39, 0.29) is 18.9 Å². The summed E-state index contributed by atoms with van der Waals surface area (Å²) in [4.78, 5) is 13.0. The highest BCUT2D eigenvalue weighted by Gasteiger charge is 2.50. The Balaban J connectivity index is 1.97. The third kappa shape index (κ3) is 21.0. The molecule has 12 unspecified atom stereocenters. The molecule has 0 radical (unpaired) electrons. The molecule has 0 spiro atoms. The van der Waals surface area contributed by atoms with Gasteiger partial charge in [0.25, 0.3) is 0 Å². The van der Waals surface area contributed by atoms with E-state index in [4.69, 9.17) is 18.9 Å². The van der Waals surface area contributed by atoms with Gasteiger partial charge in [-0.15, -0.1) is 0 Å². The number of ether oxygens (including phenoxy) is 4. The van der Waals surface area contributed by atoms with Crippen LogP contribution in [0, 0.1) is 0 Å². The van der Waals surface area contributed by atoms with Gasteiger partial charge in [0.05, 0.1) is 32.0 Å². The summed E-state index contributed by atoms with van der Waals surface area (Å²) in [6, 6.07) is -0.970. The molecule has 0 bridgehead atoms. The maximum Gasteiger partial charge on any atom is 0.220 e. The first kappa shape index (κ1) is 53.6. The number of rotatable bonds is 31. The molecule has 9 N–H and O–H groups in total. The van der Waals surface area contributed by atoms with Gasteiger partial charge in [0.15, 0.2) is 12.6 Å². The van der Waals surface area contributed by atoms with Gasteiger partial charge in [0, 0.05) is 6.42 Å². The second kappa shape index (κ2) is 33.0. The lowest BCUT2D eigenvalue weighted by Crippen LogP contribution is -2.65. The Hall–Kier alpha value is -2.57. The first-order valence-electron chi connectivity index (χ1n) is 22.2. The first-order chi connectivity index (χ1) is 29.1. The van der Waals surface area contributed by atoms with E-state index in [9.17, 15) is 45.6 Å². The number of carbonyl (C=O) groups is 1. The van der Waals surface area contributed by atoms with Crippen molar-refractivity contribution in [3.8, 4) is 0 Å². The van der Waals surface area contributed by atoms with Crippen LogP contribution in [-0.4, -0.2) is 140 Å². The molecule has 2 aliphatic heterocycles. The van der Waals surface area contributed by atoms with Gasteiger partial charge in [0.1, 0.15) is 48.8 Å². The SMILES string of the molecule is CC/C=C\C/C=C\C/C=C\C/C=C\CCC(=O)NC(COC1OC(CO)C(OC2OC(CO)C(O)C(O)C2O)C(O)C1O)C(O)/C=C/CC/C=C/CCCCCCCCC. The van der Waals surface area contributed by atoms with E-state index in [2.05, 4.69) is 67.8 Å². The average molecular weight is 852 g/mol. The van der Waals surface area contributed by atoms with Crippen molar-refractivity contribution >= 4 is 5.91 Å². The second-order valence-electron chi connectivity index (χ2n) is 15.4. The smallest absolute Gasteiger partial charge is 0.220 e. The largest absolute Gasteiger partial charge is 0.394 e. The molecule has 2 saturated heterocycles. The molecule has 0 saturated carbocycles. The predicted molar refractivity (Wildman–Crippen MR) is 230 cm³/mol. The number of nitrogens with one attached hydrogen (secondary N) is 1. The molecule has 14 nitrogen and oxygen atoms in total. The van der Waals surface area contributed by atoms with Gasteiger partial charge >= 0.3 is 0 Å². The quantitative estimate of drug-likeness (QED) is 0.0354. The molecule has 14 heteroatoms. The van der Waals surface area contributed by atoms with E-state index in [1.54, 1.807) is 6.08 Å². The average Bonchev–Trinajstić information content (AvgIpc) is 3.24. The fourth-order valence-electron chi connectivity index (χ4n) is 6.73. The van der Waals surface area contributed by atoms with Crippen molar-refractivity contribution in [1.29, 1.82) is 0 Å². The predicted octanol–water partition coefficient (Wildman–Crippen LogP) is 4.09. The van der Waals surface area contributed by atoms with Crippen LogP contribution in [0.5, 0.6) is 0 Å². The molecular weight excluding hydrogens is 774 g/mol. The van der Waals surface area contributed by atoms with Gasteiger partial charge in [-0.25, -0.2) is 0 Å². The number of allylic oxidation sites excluding steroid dienone is 11. The number of unbranched alkanes of at least 4 members (excludes halogenated alkanes) is 8. The second-order valence-corrected chi connectivity index (χ2v) is 15.4. The molecule has 1 amide bonds. The van der Waals surface area contributed by atoms with Crippen molar-refractivity contribution in [3.05, 3.63) is 72.9 Å². The summed E-state index contributed by atoms with van der Waals surface area (Å²) in [6.45, 7) is 2.54. The van der Waals surface area contributed by atoms with E-state index in [0.717, 1.165) is 38.5 Å². The maximum atomic E-state index is 13.0.